The molecule has 6 heteroatoms. The molecule has 1 fully saturated rings. The fourth-order valence-corrected chi connectivity index (χ4v) is 4.20. The summed E-state index contributed by atoms with van der Waals surface area (Å²) in [5.74, 6) is 0.476. The highest BCUT2D eigenvalue weighted by Crippen LogP contribution is 2.24. The van der Waals surface area contributed by atoms with Crippen LogP contribution >= 0.6 is 0 Å². The first kappa shape index (κ1) is 21.2. The van der Waals surface area contributed by atoms with Crippen molar-refractivity contribution in [1.82, 2.24) is 14.7 Å². The monoisotopic (exact) mass is 420 g/mol. The van der Waals surface area contributed by atoms with Gasteiger partial charge in [-0.25, -0.2) is 9.07 Å². The molecule has 0 bridgehead atoms. The third-order valence-electron chi connectivity index (χ3n) is 5.97. The summed E-state index contributed by atoms with van der Waals surface area (Å²) in [6, 6.07) is 18.8. The highest BCUT2D eigenvalue weighted by molar-refractivity contribution is 5.92. The smallest absolute Gasteiger partial charge is 0.228 e. The summed E-state index contributed by atoms with van der Waals surface area (Å²) < 4.78 is 14.9. The normalized spacial score (nSPS) is 15.2. The lowest BCUT2D eigenvalue weighted by molar-refractivity contribution is -0.119. The molecule has 0 aliphatic carbocycles. The number of halogens is 1. The van der Waals surface area contributed by atoms with Crippen molar-refractivity contribution in [2.75, 3.05) is 24.5 Å². The number of likely N-dealkylation sites (tertiary alicyclic amines) is 1. The van der Waals surface area contributed by atoms with Gasteiger partial charge >= 0.3 is 0 Å². The van der Waals surface area contributed by atoms with E-state index in [9.17, 15) is 9.18 Å². The SMILES string of the molecule is CCC(=O)N(c1ccn(-c2ccc(F)cc2)n1)C1CCN(CCc2ccccc2)CC1. The van der Waals surface area contributed by atoms with E-state index in [4.69, 9.17) is 0 Å². The van der Waals surface area contributed by atoms with Crippen LogP contribution in [0.4, 0.5) is 10.2 Å². The third kappa shape index (κ3) is 5.20. The summed E-state index contributed by atoms with van der Waals surface area (Å²) in [7, 11) is 0. The molecule has 4 rings (SSSR count). The maximum absolute atomic E-state index is 13.2. The van der Waals surface area contributed by atoms with Crippen LogP contribution in [0.15, 0.2) is 66.9 Å². The second-order valence-electron chi connectivity index (χ2n) is 8.02. The molecule has 3 aromatic rings. The number of anilines is 1. The predicted octanol–water partition coefficient (Wildman–Crippen LogP) is 4.46. The molecule has 0 saturated carbocycles. The lowest BCUT2D eigenvalue weighted by Crippen LogP contribution is -2.48. The van der Waals surface area contributed by atoms with Gasteiger partial charge in [-0.1, -0.05) is 37.3 Å². The van der Waals surface area contributed by atoms with Crippen LogP contribution < -0.4 is 4.90 Å². The standard InChI is InChI=1S/C25H29FN4O/c1-2-25(31)30(24-15-19-29(27-24)22-10-8-21(26)9-11-22)23-13-17-28(18-14-23)16-12-20-6-4-3-5-7-20/h3-11,15,19,23H,2,12-14,16-18H2,1H3. The zero-order chi connectivity index (χ0) is 21.6. The highest BCUT2D eigenvalue weighted by Gasteiger charge is 2.29. The third-order valence-corrected chi connectivity index (χ3v) is 5.97. The Bertz CT molecular complexity index is 978. The number of aromatic nitrogens is 2. The van der Waals surface area contributed by atoms with Crippen molar-refractivity contribution in [2.24, 2.45) is 0 Å². The Morgan fingerprint density at radius 2 is 1.77 bits per heavy atom. The minimum atomic E-state index is -0.280. The Morgan fingerprint density at radius 1 is 1.06 bits per heavy atom. The largest absolute Gasteiger partial charge is 0.303 e. The van der Waals surface area contributed by atoms with Crippen LogP contribution in [0, 0.1) is 5.82 Å². The second kappa shape index (κ2) is 9.88. The molecule has 0 atom stereocenters. The van der Waals surface area contributed by atoms with Crippen LogP contribution in [0.5, 0.6) is 0 Å². The number of hydrogen-bond acceptors (Lipinski definition) is 3. The zero-order valence-corrected chi connectivity index (χ0v) is 18.0. The lowest BCUT2D eigenvalue weighted by atomic mass is 10.0. The molecule has 31 heavy (non-hydrogen) atoms. The first-order chi connectivity index (χ1) is 15.1. The van der Waals surface area contributed by atoms with Crippen molar-refractivity contribution < 1.29 is 9.18 Å². The summed E-state index contributed by atoms with van der Waals surface area (Å²) in [6.45, 7) is 4.88. The lowest BCUT2D eigenvalue weighted by Gasteiger charge is -2.37. The van der Waals surface area contributed by atoms with Gasteiger partial charge < -0.3 is 4.90 Å². The van der Waals surface area contributed by atoms with Crippen molar-refractivity contribution in [3.8, 4) is 5.69 Å². The van der Waals surface area contributed by atoms with Crippen LogP contribution in [0.2, 0.25) is 0 Å². The van der Waals surface area contributed by atoms with Crippen LogP contribution in [0.3, 0.4) is 0 Å². The molecule has 1 amide bonds. The molecule has 1 saturated heterocycles. The number of rotatable bonds is 7. The molecule has 1 aliphatic rings. The van der Waals surface area contributed by atoms with E-state index in [1.807, 2.05) is 30.2 Å². The van der Waals surface area contributed by atoms with E-state index in [-0.39, 0.29) is 17.8 Å². The Kier molecular flexibility index (Phi) is 6.77. The van der Waals surface area contributed by atoms with E-state index in [0.29, 0.717) is 12.2 Å². The van der Waals surface area contributed by atoms with E-state index in [2.05, 4.69) is 34.3 Å². The molecule has 0 unspecified atom stereocenters. The van der Waals surface area contributed by atoms with E-state index in [1.54, 1.807) is 16.8 Å². The minimum absolute atomic E-state index is 0.0899. The molecule has 1 aromatic heterocycles. The molecular formula is C25H29FN4O. The number of hydrogen-bond donors (Lipinski definition) is 0. The summed E-state index contributed by atoms with van der Waals surface area (Å²) in [4.78, 5) is 17.2. The van der Waals surface area contributed by atoms with Crippen LogP contribution in [-0.2, 0) is 11.2 Å². The minimum Gasteiger partial charge on any atom is -0.303 e. The van der Waals surface area contributed by atoms with E-state index in [0.717, 1.165) is 44.6 Å². The molecule has 1 aliphatic heterocycles. The van der Waals surface area contributed by atoms with Crippen molar-refractivity contribution in [3.05, 3.63) is 78.2 Å². The maximum Gasteiger partial charge on any atom is 0.228 e. The average molecular weight is 421 g/mol. The van der Waals surface area contributed by atoms with Gasteiger partial charge in [0.05, 0.1) is 5.69 Å². The Balaban J connectivity index is 1.41. The Hall–Kier alpha value is -2.99. The maximum atomic E-state index is 13.2. The predicted molar refractivity (Wildman–Crippen MR) is 121 cm³/mol. The molecule has 0 spiro atoms. The average Bonchev–Trinajstić information content (AvgIpc) is 3.29. The van der Waals surface area contributed by atoms with E-state index >= 15 is 0 Å². The van der Waals surface area contributed by atoms with Crippen molar-refractivity contribution >= 4 is 11.7 Å². The second-order valence-corrected chi connectivity index (χ2v) is 8.02. The number of benzene rings is 2. The zero-order valence-electron chi connectivity index (χ0n) is 18.0. The van der Waals surface area contributed by atoms with Gasteiger partial charge in [-0.15, -0.1) is 5.10 Å². The summed E-state index contributed by atoms with van der Waals surface area (Å²) in [6.07, 6.45) is 5.18. The number of amides is 1. The van der Waals surface area contributed by atoms with Crippen LogP contribution in [-0.4, -0.2) is 46.3 Å². The van der Waals surface area contributed by atoms with E-state index < -0.39 is 0 Å². The van der Waals surface area contributed by atoms with Crippen LogP contribution in [0.1, 0.15) is 31.7 Å². The number of piperidine rings is 1. The molecule has 162 valence electrons. The Labute approximate surface area is 183 Å². The molecule has 2 heterocycles. The summed E-state index contributed by atoms with van der Waals surface area (Å²) in [5.41, 5.74) is 2.13. The van der Waals surface area contributed by atoms with Crippen molar-refractivity contribution in [2.45, 2.75) is 38.6 Å². The molecular weight excluding hydrogens is 391 g/mol. The van der Waals surface area contributed by atoms with Crippen molar-refractivity contribution in [3.63, 3.8) is 0 Å². The fraction of sp³-hybridized carbons (Fsp3) is 0.360. The van der Waals surface area contributed by atoms with Gasteiger partial charge in [-0.2, -0.15) is 0 Å². The molecule has 0 N–H and O–H groups in total. The van der Waals surface area contributed by atoms with Gasteiger partial charge in [-0.05, 0) is 49.1 Å². The number of nitrogens with zero attached hydrogens (tertiary/aromatic N) is 4. The van der Waals surface area contributed by atoms with Gasteiger partial charge in [0, 0.05) is 44.4 Å². The first-order valence-corrected chi connectivity index (χ1v) is 11.0. The quantitative estimate of drug-likeness (QED) is 0.567. The molecule has 5 nitrogen and oxygen atoms in total. The van der Waals surface area contributed by atoms with Gasteiger partial charge in [-0.3, -0.25) is 9.69 Å². The van der Waals surface area contributed by atoms with E-state index in [1.165, 1.54) is 17.7 Å². The number of carbonyl (C=O) groups excluding carboxylic acids is 1. The van der Waals surface area contributed by atoms with Gasteiger partial charge in [0.15, 0.2) is 5.82 Å². The number of carbonyl (C=O) groups is 1. The van der Waals surface area contributed by atoms with Gasteiger partial charge in [0.2, 0.25) is 5.91 Å². The van der Waals surface area contributed by atoms with Crippen LogP contribution in [0.25, 0.3) is 5.69 Å². The van der Waals surface area contributed by atoms with Crippen molar-refractivity contribution in [1.29, 1.82) is 0 Å². The topological polar surface area (TPSA) is 41.4 Å². The summed E-state index contributed by atoms with van der Waals surface area (Å²) in [5, 5.41) is 4.64. The molecule has 0 radical (unpaired) electrons. The van der Waals surface area contributed by atoms with Gasteiger partial charge in [0.25, 0.3) is 0 Å². The highest BCUT2D eigenvalue weighted by atomic mass is 19.1. The van der Waals surface area contributed by atoms with Gasteiger partial charge in [0.1, 0.15) is 5.82 Å². The fourth-order valence-electron chi connectivity index (χ4n) is 4.20. The first-order valence-electron chi connectivity index (χ1n) is 11.0. The molecule has 2 aromatic carbocycles. The Morgan fingerprint density at radius 3 is 2.45 bits per heavy atom. The summed E-state index contributed by atoms with van der Waals surface area (Å²) >= 11 is 0.